The van der Waals surface area contributed by atoms with Crippen molar-refractivity contribution in [1.82, 2.24) is 9.55 Å². The highest BCUT2D eigenvalue weighted by atomic mass is 32.1. The summed E-state index contributed by atoms with van der Waals surface area (Å²) in [7, 11) is 0. The number of hydrogen-bond acceptors (Lipinski definition) is 5. The van der Waals surface area contributed by atoms with Gasteiger partial charge in [-0.1, -0.05) is 42.5 Å². The Morgan fingerprint density at radius 1 is 1.07 bits per heavy atom. The monoisotopic (exact) mass is 403 g/mol. The van der Waals surface area contributed by atoms with E-state index in [4.69, 9.17) is 0 Å². The Bertz CT molecular complexity index is 1280. The summed E-state index contributed by atoms with van der Waals surface area (Å²) in [4.78, 5) is 42.3. The number of thiophene rings is 1. The van der Waals surface area contributed by atoms with E-state index in [0.717, 1.165) is 10.4 Å². The van der Waals surface area contributed by atoms with Crippen LogP contribution in [0.5, 0.6) is 0 Å². The number of anilines is 1. The van der Waals surface area contributed by atoms with E-state index < -0.39 is 5.91 Å². The number of amides is 1. The van der Waals surface area contributed by atoms with Crippen LogP contribution in [-0.4, -0.2) is 21.2 Å². The Labute approximate surface area is 170 Å². The van der Waals surface area contributed by atoms with Gasteiger partial charge in [0.1, 0.15) is 11.2 Å². The van der Waals surface area contributed by atoms with Crippen LogP contribution in [0.1, 0.15) is 17.3 Å². The lowest BCUT2D eigenvalue weighted by Gasteiger charge is -2.10. The summed E-state index contributed by atoms with van der Waals surface area (Å²) in [6.45, 7) is 1.25. The van der Waals surface area contributed by atoms with Gasteiger partial charge in [-0.3, -0.25) is 19.0 Å². The second-order valence-corrected chi connectivity index (χ2v) is 7.57. The van der Waals surface area contributed by atoms with Crippen molar-refractivity contribution in [2.75, 3.05) is 5.32 Å². The van der Waals surface area contributed by atoms with E-state index >= 15 is 0 Å². The van der Waals surface area contributed by atoms with Crippen molar-refractivity contribution in [3.05, 3.63) is 82.9 Å². The number of ketones is 1. The minimum absolute atomic E-state index is 0.145. The van der Waals surface area contributed by atoms with Crippen LogP contribution in [0.3, 0.4) is 0 Å². The van der Waals surface area contributed by atoms with Gasteiger partial charge in [0.05, 0.1) is 17.5 Å². The van der Waals surface area contributed by atoms with Gasteiger partial charge in [0.15, 0.2) is 5.78 Å². The Balaban J connectivity index is 1.60. The molecule has 4 aromatic rings. The van der Waals surface area contributed by atoms with Crippen molar-refractivity contribution in [3.63, 3.8) is 0 Å². The van der Waals surface area contributed by atoms with Crippen LogP contribution >= 0.6 is 11.3 Å². The molecule has 0 saturated heterocycles. The van der Waals surface area contributed by atoms with Gasteiger partial charge >= 0.3 is 0 Å². The summed E-state index contributed by atoms with van der Waals surface area (Å²) in [6, 6.07) is 18.4. The molecule has 2 heterocycles. The number of aromatic nitrogens is 2. The number of para-hydroxylation sites is 1. The number of nitrogens with zero attached hydrogens (tertiary/aromatic N) is 2. The third-order valence-corrected chi connectivity index (χ3v) is 5.62. The van der Waals surface area contributed by atoms with Crippen LogP contribution < -0.4 is 10.9 Å². The number of hydrogen-bond donors (Lipinski definition) is 1. The van der Waals surface area contributed by atoms with E-state index in [1.165, 1.54) is 29.2 Å². The zero-order chi connectivity index (χ0) is 20.4. The van der Waals surface area contributed by atoms with Gasteiger partial charge in [-0.15, -0.1) is 11.3 Å². The summed E-state index contributed by atoms with van der Waals surface area (Å²) in [5, 5.41) is 2.70. The first kappa shape index (κ1) is 18.8. The molecule has 0 atom stereocenters. The summed E-state index contributed by atoms with van der Waals surface area (Å²) < 4.78 is 1.78. The van der Waals surface area contributed by atoms with Crippen LogP contribution in [0.25, 0.3) is 20.7 Å². The van der Waals surface area contributed by atoms with E-state index in [1.54, 1.807) is 24.3 Å². The Hall–Kier alpha value is -3.58. The van der Waals surface area contributed by atoms with Crippen molar-refractivity contribution in [2.24, 2.45) is 0 Å². The molecule has 0 bridgehead atoms. The number of carbonyl (C=O) groups excluding carboxylic acids is 2. The van der Waals surface area contributed by atoms with Crippen LogP contribution in [0.15, 0.2) is 71.8 Å². The summed E-state index contributed by atoms with van der Waals surface area (Å²) >= 11 is 1.36. The first-order valence-corrected chi connectivity index (χ1v) is 9.79. The highest BCUT2D eigenvalue weighted by Crippen LogP contribution is 2.30. The van der Waals surface area contributed by atoms with Crippen LogP contribution in [0, 0.1) is 0 Å². The van der Waals surface area contributed by atoms with Gasteiger partial charge in [-0.05, 0) is 30.7 Å². The zero-order valence-electron chi connectivity index (χ0n) is 15.6. The van der Waals surface area contributed by atoms with Crippen molar-refractivity contribution < 1.29 is 9.59 Å². The van der Waals surface area contributed by atoms with Gasteiger partial charge in [-0.2, -0.15) is 0 Å². The highest BCUT2D eigenvalue weighted by molar-refractivity contribution is 7.22. The highest BCUT2D eigenvalue weighted by Gasteiger charge is 2.14. The first-order valence-electron chi connectivity index (χ1n) is 8.97. The molecular formula is C22H17N3O3S. The number of benzene rings is 2. The van der Waals surface area contributed by atoms with Crippen molar-refractivity contribution in [2.45, 2.75) is 13.5 Å². The average Bonchev–Trinajstić information content (AvgIpc) is 3.16. The molecule has 0 aliphatic carbocycles. The SMILES string of the molecule is CC(=O)c1ccccc1NC(=O)Cn1cnc2cc(-c3ccccc3)sc2c1=O. The maximum atomic E-state index is 12.8. The molecule has 0 aliphatic heterocycles. The maximum absolute atomic E-state index is 12.8. The van der Waals surface area contributed by atoms with Gasteiger partial charge in [0, 0.05) is 10.4 Å². The smallest absolute Gasteiger partial charge is 0.271 e. The fourth-order valence-electron chi connectivity index (χ4n) is 3.05. The molecule has 2 aromatic heterocycles. The minimum Gasteiger partial charge on any atom is -0.324 e. The Kier molecular flexibility index (Phi) is 5.05. The fraction of sp³-hybridized carbons (Fsp3) is 0.0909. The second-order valence-electron chi connectivity index (χ2n) is 6.52. The van der Waals surface area contributed by atoms with Crippen molar-refractivity contribution >= 4 is 38.9 Å². The number of fused-ring (bicyclic) bond motifs is 1. The third-order valence-electron chi connectivity index (χ3n) is 4.46. The van der Waals surface area contributed by atoms with Crippen LogP contribution in [0.2, 0.25) is 0 Å². The summed E-state index contributed by atoms with van der Waals surface area (Å²) in [6.07, 6.45) is 1.38. The fourth-order valence-corrected chi connectivity index (χ4v) is 4.11. The lowest BCUT2D eigenvalue weighted by atomic mass is 10.1. The van der Waals surface area contributed by atoms with E-state index in [2.05, 4.69) is 10.3 Å². The van der Waals surface area contributed by atoms with Crippen molar-refractivity contribution in [3.8, 4) is 10.4 Å². The maximum Gasteiger partial charge on any atom is 0.271 e. The lowest BCUT2D eigenvalue weighted by molar-refractivity contribution is -0.116. The molecule has 6 nitrogen and oxygen atoms in total. The topological polar surface area (TPSA) is 81.1 Å². The lowest BCUT2D eigenvalue weighted by Crippen LogP contribution is -2.27. The standard InChI is InChI=1S/C22H17N3O3S/c1-14(26)16-9-5-6-10-17(16)24-20(27)12-25-13-23-18-11-19(29-21(18)22(25)28)15-7-3-2-4-8-15/h2-11,13H,12H2,1H3,(H,24,27). The normalized spacial score (nSPS) is 10.8. The van der Waals surface area contributed by atoms with E-state index in [1.807, 2.05) is 36.4 Å². The van der Waals surface area contributed by atoms with Gasteiger partial charge in [0.25, 0.3) is 5.56 Å². The van der Waals surface area contributed by atoms with Crippen LogP contribution in [0.4, 0.5) is 5.69 Å². The van der Waals surface area contributed by atoms with E-state index in [0.29, 0.717) is 21.5 Å². The van der Waals surface area contributed by atoms with E-state index in [-0.39, 0.29) is 17.9 Å². The molecular weight excluding hydrogens is 386 g/mol. The Morgan fingerprint density at radius 3 is 2.55 bits per heavy atom. The second kappa shape index (κ2) is 7.81. The zero-order valence-corrected chi connectivity index (χ0v) is 16.4. The molecule has 2 aromatic carbocycles. The minimum atomic E-state index is -0.401. The van der Waals surface area contributed by atoms with Gasteiger partial charge < -0.3 is 5.32 Å². The molecule has 0 unspecified atom stereocenters. The molecule has 0 saturated carbocycles. The molecule has 0 radical (unpaired) electrons. The molecule has 4 rings (SSSR count). The largest absolute Gasteiger partial charge is 0.324 e. The first-order chi connectivity index (χ1) is 14.0. The molecule has 144 valence electrons. The molecule has 1 N–H and O–H groups in total. The predicted molar refractivity (Wildman–Crippen MR) is 114 cm³/mol. The number of Topliss-reactive ketones (excluding diaryl/α,β-unsaturated/α-hetero) is 1. The number of carbonyl (C=O) groups is 2. The quantitative estimate of drug-likeness (QED) is 0.511. The summed E-state index contributed by atoms with van der Waals surface area (Å²) in [5.41, 5.74) is 2.21. The van der Waals surface area contributed by atoms with Gasteiger partial charge in [0.2, 0.25) is 5.91 Å². The van der Waals surface area contributed by atoms with E-state index in [9.17, 15) is 14.4 Å². The van der Waals surface area contributed by atoms with Crippen molar-refractivity contribution in [1.29, 1.82) is 0 Å². The third kappa shape index (κ3) is 3.86. The molecule has 0 spiro atoms. The Morgan fingerprint density at radius 2 is 1.79 bits per heavy atom. The molecule has 29 heavy (non-hydrogen) atoms. The average molecular weight is 403 g/mol. The molecule has 7 heteroatoms. The van der Waals surface area contributed by atoms with Crippen LogP contribution in [-0.2, 0) is 11.3 Å². The summed E-state index contributed by atoms with van der Waals surface area (Å²) in [5.74, 6) is -0.546. The predicted octanol–water partition coefficient (Wildman–Crippen LogP) is 3.97. The van der Waals surface area contributed by atoms with Gasteiger partial charge in [-0.25, -0.2) is 4.98 Å². The molecule has 0 fully saturated rings. The number of rotatable bonds is 5. The molecule has 0 aliphatic rings. The molecule has 1 amide bonds. The number of nitrogens with one attached hydrogen (secondary N) is 1.